The number of aliphatic hydroxyl groups excluding tert-OH is 1. The molecule has 5 fully saturated rings. The van der Waals surface area contributed by atoms with Gasteiger partial charge in [-0.15, -0.1) is 0 Å². The van der Waals surface area contributed by atoms with E-state index in [0.29, 0.717) is 19.0 Å². The van der Waals surface area contributed by atoms with E-state index in [4.69, 9.17) is 4.74 Å². The predicted octanol–water partition coefficient (Wildman–Crippen LogP) is 1.81. The normalized spacial score (nSPS) is 48.7. The first-order valence-corrected chi connectivity index (χ1v) is 8.63. The molecule has 4 aliphatic carbocycles. The van der Waals surface area contributed by atoms with Crippen molar-refractivity contribution in [3.05, 3.63) is 0 Å². The smallest absolute Gasteiger partial charge is 0.228 e. The molecule has 0 aromatic heterocycles. The molecule has 4 nitrogen and oxygen atoms in total. The number of carbonyl (C=O) groups is 1. The number of amides is 1. The Balaban J connectivity index is 1.54. The van der Waals surface area contributed by atoms with Crippen LogP contribution in [0.15, 0.2) is 0 Å². The number of nitrogens with zero attached hydrogens (tertiary/aromatic N) is 1. The fraction of sp³-hybridized carbons (Fsp3) is 0.941. The molecule has 1 aliphatic heterocycles. The third-order valence-electron chi connectivity index (χ3n) is 6.31. The van der Waals surface area contributed by atoms with E-state index >= 15 is 0 Å². The summed E-state index contributed by atoms with van der Waals surface area (Å²) >= 11 is 0. The zero-order chi connectivity index (χ0) is 14.6. The molecule has 21 heavy (non-hydrogen) atoms. The van der Waals surface area contributed by atoms with Gasteiger partial charge in [0.2, 0.25) is 5.91 Å². The lowest BCUT2D eigenvalue weighted by atomic mass is 9.49. The van der Waals surface area contributed by atoms with Crippen molar-refractivity contribution in [2.45, 2.75) is 57.7 Å². The van der Waals surface area contributed by atoms with Crippen LogP contribution in [0.25, 0.3) is 0 Å². The highest BCUT2D eigenvalue weighted by molar-refractivity contribution is 5.83. The van der Waals surface area contributed by atoms with E-state index in [1.165, 1.54) is 19.3 Å². The lowest BCUT2D eigenvalue weighted by Gasteiger charge is -2.57. The molecule has 0 aromatic rings. The molecule has 4 saturated carbocycles. The van der Waals surface area contributed by atoms with Crippen molar-refractivity contribution in [2.75, 3.05) is 19.7 Å². The van der Waals surface area contributed by atoms with Crippen molar-refractivity contribution in [3.63, 3.8) is 0 Å². The molecule has 2 atom stereocenters. The second-order valence-electron chi connectivity index (χ2n) is 8.16. The summed E-state index contributed by atoms with van der Waals surface area (Å²) in [5.41, 5.74) is -0.0637. The molecule has 5 rings (SSSR count). The molecule has 4 bridgehead atoms. The Labute approximate surface area is 126 Å². The van der Waals surface area contributed by atoms with Gasteiger partial charge in [-0.3, -0.25) is 4.79 Å². The summed E-state index contributed by atoms with van der Waals surface area (Å²) in [6.07, 6.45) is 7.29. The average molecular weight is 293 g/mol. The van der Waals surface area contributed by atoms with E-state index in [-0.39, 0.29) is 24.2 Å². The lowest BCUT2D eigenvalue weighted by molar-refractivity contribution is -0.170. The minimum Gasteiger partial charge on any atom is -0.394 e. The van der Waals surface area contributed by atoms with Crippen molar-refractivity contribution in [1.29, 1.82) is 0 Å². The summed E-state index contributed by atoms with van der Waals surface area (Å²) < 4.78 is 5.69. The van der Waals surface area contributed by atoms with Gasteiger partial charge in [0.1, 0.15) is 0 Å². The van der Waals surface area contributed by atoms with Gasteiger partial charge >= 0.3 is 0 Å². The van der Waals surface area contributed by atoms with E-state index in [1.807, 2.05) is 11.8 Å². The molecule has 1 saturated heterocycles. The maximum Gasteiger partial charge on any atom is 0.228 e. The number of morpholine rings is 1. The largest absolute Gasteiger partial charge is 0.394 e. The zero-order valence-electron chi connectivity index (χ0n) is 13.0. The molecule has 0 aromatic carbocycles. The summed E-state index contributed by atoms with van der Waals surface area (Å²) in [6.45, 7) is 3.27. The van der Waals surface area contributed by atoms with Crippen molar-refractivity contribution in [1.82, 2.24) is 4.90 Å². The van der Waals surface area contributed by atoms with E-state index in [9.17, 15) is 9.90 Å². The molecule has 5 aliphatic rings. The van der Waals surface area contributed by atoms with Crippen LogP contribution in [0.1, 0.15) is 45.4 Å². The van der Waals surface area contributed by atoms with Gasteiger partial charge in [0, 0.05) is 13.1 Å². The maximum absolute atomic E-state index is 13.2. The van der Waals surface area contributed by atoms with Crippen LogP contribution in [-0.4, -0.2) is 47.8 Å². The summed E-state index contributed by atoms with van der Waals surface area (Å²) in [4.78, 5) is 15.2. The Hall–Kier alpha value is -0.610. The Bertz CT molecular complexity index is 400. The first-order valence-electron chi connectivity index (χ1n) is 8.63. The van der Waals surface area contributed by atoms with Crippen molar-refractivity contribution < 1.29 is 14.6 Å². The second-order valence-corrected chi connectivity index (χ2v) is 8.16. The van der Waals surface area contributed by atoms with Crippen LogP contribution in [-0.2, 0) is 9.53 Å². The molecule has 4 heteroatoms. The van der Waals surface area contributed by atoms with Gasteiger partial charge < -0.3 is 14.7 Å². The van der Waals surface area contributed by atoms with E-state index in [1.54, 1.807) is 0 Å². The van der Waals surface area contributed by atoms with E-state index in [0.717, 1.165) is 37.0 Å². The number of rotatable bonds is 2. The molecule has 0 spiro atoms. The Morgan fingerprint density at radius 1 is 1.14 bits per heavy atom. The molecule has 0 radical (unpaired) electrons. The van der Waals surface area contributed by atoms with Crippen molar-refractivity contribution in [3.8, 4) is 0 Å². The number of hydrogen-bond acceptors (Lipinski definition) is 3. The van der Waals surface area contributed by atoms with Gasteiger partial charge in [-0.25, -0.2) is 0 Å². The highest BCUT2D eigenvalue weighted by Gasteiger charge is 2.56. The summed E-state index contributed by atoms with van der Waals surface area (Å²) in [7, 11) is 0. The molecule has 1 amide bonds. The summed E-state index contributed by atoms with van der Waals surface area (Å²) in [5, 5.41) is 9.38. The predicted molar refractivity (Wildman–Crippen MR) is 78.6 cm³/mol. The van der Waals surface area contributed by atoms with Gasteiger partial charge in [0.25, 0.3) is 0 Å². The lowest BCUT2D eigenvalue weighted by Crippen LogP contribution is -2.59. The topological polar surface area (TPSA) is 49.8 Å². The van der Waals surface area contributed by atoms with Crippen LogP contribution in [0.5, 0.6) is 0 Å². The summed E-state index contributed by atoms with van der Waals surface area (Å²) in [5.74, 6) is 2.77. The van der Waals surface area contributed by atoms with Crippen molar-refractivity contribution >= 4 is 5.91 Å². The standard InChI is InChI=1S/C17H27NO3/c1-11-8-18(9-15(10-19)21-11)16(20)17-5-12-2-13(6-17)4-14(3-12)7-17/h11-15,19H,2-10H2,1H3. The van der Waals surface area contributed by atoms with Gasteiger partial charge in [-0.2, -0.15) is 0 Å². The first kappa shape index (κ1) is 14.0. The molecule has 1 heterocycles. The molecule has 2 unspecified atom stereocenters. The van der Waals surface area contributed by atoms with Crippen LogP contribution >= 0.6 is 0 Å². The fourth-order valence-electron chi connectivity index (χ4n) is 6.02. The average Bonchev–Trinajstić information content (AvgIpc) is 2.44. The first-order chi connectivity index (χ1) is 10.1. The molecule has 1 N–H and O–H groups in total. The number of carbonyl (C=O) groups excluding carboxylic acids is 1. The highest BCUT2D eigenvalue weighted by atomic mass is 16.5. The Morgan fingerprint density at radius 2 is 1.71 bits per heavy atom. The van der Waals surface area contributed by atoms with Crippen molar-refractivity contribution in [2.24, 2.45) is 23.2 Å². The van der Waals surface area contributed by atoms with Gasteiger partial charge in [-0.05, 0) is 63.2 Å². The molecular formula is C17H27NO3. The number of aliphatic hydroxyl groups is 1. The van der Waals surface area contributed by atoms with Crippen LogP contribution in [0, 0.1) is 23.2 Å². The highest BCUT2D eigenvalue weighted by Crippen LogP contribution is 2.60. The van der Waals surface area contributed by atoms with E-state index in [2.05, 4.69) is 0 Å². The van der Waals surface area contributed by atoms with Crippen LogP contribution in [0.2, 0.25) is 0 Å². The van der Waals surface area contributed by atoms with Gasteiger partial charge in [0.15, 0.2) is 0 Å². The maximum atomic E-state index is 13.2. The summed E-state index contributed by atoms with van der Waals surface area (Å²) in [6, 6.07) is 0. The second kappa shape index (κ2) is 4.95. The van der Waals surface area contributed by atoms with Gasteiger partial charge in [-0.1, -0.05) is 0 Å². The number of hydrogen-bond donors (Lipinski definition) is 1. The van der Waals surface area contributed by atoms with Crippen LogP contribution in [0.3, 0.4) is 0 Å². The zero-order valence-corrected chi connectivity index (χ0v) is 13.0. The minimum atomic E-state index is -0.202. The molecule has 118 valence electrons. The van der Waals surface area contributed by atoms with Gasteiger partial charge in [0.05, 0.1) is 24.2 Å². The third-order valence-corrected chi connectivity index (χ3v) is 6.31. The van der Waals surface area contributed by atoms with Crippen LogP contribution in [0.4, 0.5) is 0 Å². The Kier molecular flexibility index (Phi) is 3.30. The molecular weight excluding hydrogens is 266 g/mol. The SMILES string of the molecule is CC1CN(C(=O)C23CC4CC(CC(C4)C2)C3)CC(CO)O1. The van der Waals surface area contributed by atoms with Crippen LogP contribution < -0.4 is 0 Å². The number of ether oxygens (including phenoxy) is 1. The minimum absolute atomic E-state index is 0.00892. The quantitative estimate of drug-likeness (QED) is 0.845. The monoisotopic (exact) mass is 293 g/mol. The fourth-order valence-corrected chi connectivity index (χ4v) is 6.02. The Morgan fingerprint density at radius 3 is 2.24 bits per heavy atom. The third kappa shape index (κ3) is 2.31. The van der Waals surface area contributed by atoms with E-state index < -0.39 is 0 Å².